The predicted octanol–water partition coefficient (Wildman–Crippen LogP) is 35.3. The molecule has 32 rings (SSSR count). The van der Waals surface area contributed by atoms with Gasteiger partial charge in [-0.3, -0.25) is 0 Å². The Kier molecular flexibility index (Phi) is 16.7. The van der Waals surface area contributed by atoms with Gasteiger partial charge in [-0.2, -0.15) is 0 Å². The maximum atomic E-state index is 3.99. The summed E-state index contributed by atoms with van der Waals surface area (Å²) in [5.41, 5.74) is 57.6. The molecular weight excluding hydrogens is 1770 g/mol. The highest BCUT2D eigenvalue weighted by Crippen LogP contribution is 2.72. The largest absolute Gasteiger partial charge is 0.355 e. The van der Waals surface area contributed by atoms with E-state index in [2.05, 4.69) is 527 Å². The number of fused-ring (bicyclic) bond motifs is 50. The molecule has 2 nitrogen and oxygen atoms in total. The van der Waals surface area contributed by atoms with Crippen molar-refractivity contribution in [1.29, 1.82) is 0 Å². The minimum absolute atomic E-state index is 0.0527. The van der Waals surface area contributed by atoms with Crippen LogP contribution < -0.4 is 10.2 Å². The Morgan fingerprint density at radius 2 is 0.468 bits per heavy atom. The molecule has 10 aliphatic rings. The Labute approximate surface area is 830 Å². The minimum Gasteiger partial charge on any atom is -0.355 e. The lowest BCUT2D eigenvalue weighted by Crippen LogP contribution is -2.26. The van der Waals surface area contributed by atoms with Gasteiger partial charge in [-0.1, -0.05) is 468 Å². The SMILES string of the molecule is Brc1cccc2c1-c1ccccc1C21c2ccccc2-c2ccccc21.CC1(C)c2ccccc2-c2ccc(N(c3cccc4c3-c3ccccc3C43c4ccccc4-c4ccccc43)c3cc4ccccc4c4c3-c3ccccc3C43c4ccccc4-c4ccccc43)cc21.CC1(C)c2ccccc2-c2ccc(Nc3cc4ccccc4c4c3-c3ccccc3C43c4ccccc4-c4ccccc43)cc21. The van der Waals surface area contributed by atoms with Crippen LogP contribution in [0.3, 0.4) is 0 Å². The molecule has 0 aromatic heterocycles. The van der Waals surface area contributed by atoms with Gasteiger partial charge in [-0.15, -0.1) is 0 Å². The minimum atomic E-state index is -0.533. The molecule has 0 atom stereocenters. The van der Waals surface area contributed by atoms with Gasteiger partial charge in [0.1, 0.15) is 0 Å². The molecule has 0 bridgehead atoms. The molecule has 22 aromatic carbocycles. The number of benzene rings is 22. The van der Waals surface area contributed by atoms with Crippen LogP contribution in [0.2, 0.25) is 0 Å². The third kappa shape index (κ3) is 10.2. The summed E-state index contributed by atoms with van der Waals surface area (Å²) in [6, 6.07) is 178. The molecule has 4 spiro atoms. The fourth-order valence-corrected chi connectivity index (χ4v) is 29.4. The lowest BCUT2D eigenvalue weighted by atomic mass is 9.69. The van der Waals surface area contributed by atoms with Crippen LogP contribution in [0.25, 0.3) is 133 Å². The summed E-state index contributed by atoms with van der Waals surface area (Å²) in [6.07, 6.45) is 0. The average Bonchev–Trinajstić information content (AvgIpc) is 1.48. The van der Waals surface area contributed by atoms with Crippen LogP contribution in [0.5, 0.6) is 0 Å². The predicted molar refractivity (Wildman–Crippen MR) is 587 cm³/mol. The summed E-state index contributed by atoms with van der Waals surface area (Å²) >= 11 is 3.83. The van der Waals surface area contributed by atoms with Gasteiger partial charge in [0.15, 0.2) is 0 Å². The molecule has 10 aliphatic carbocycles. The highest BCUT2D eigenvalue weighted by Gasteiger charge is 2.59. The molecular formula is C138H91BrN2. The van der Waals surface area contributed by atoms with Crippen LogP contribution in [0, 0.1) is 0 Å². The van der Waals surface area contributed by atoms with E-state index in [4.69, 9.17) is 0 Å². The Hall–Kier alpha value is -16.6. The van der Waals surface area contributed by atoms with E-state index in [9.17, 15) is 0 Å². The quantitative estimate of drug-likeness (QED) is 0.185. The van der Waals surface area contributed by atoms with E-state index in [1.54, 1.807) is 0 Å². The van der Waals surface area contributed by atoms with Crippen LogP contribution >= 0.6 is 15.9 Å². The number of nitrogens with one attached hydrogen (secondary N) is 1. The fourth-order valence-electron chi connectivity index (χ4n) is 28.8. The highest BCUT2D eigenvalue weighted by atomic mass is 79.9. The molecule has 0 radical (unpaired) electrons. The van der Waals surface area contributed by atoms with E-state index in [-0.39, 0.29) is 16.2 Å². The normalized spacial score (nSPS) is 15.2. The molecule has 660 valence electrons. The van der Waals surface area contributed by atoms with Crippen molar-refractivity contribution in [3.63, 3.8) is 0 Å². The zero-order valence-electron chi connectivity index (χ0n) is 78.4. The first-order chi connectivity index (χ1) is 69.4. The van der Waals surface area contributed by atoms with Gasteiger partial charge in [0, 0.05) is 54.6 Å². The molecule has 3 heteroatoms. The molecule has 0 fully saturated rings. The number of rotatable bonds is 5. The van der Waals surface area contributed by atoms with Crippen molar-refractivity contribution in [2.75, 3.05) is 10.2 Å². The first-order valence-electron chi connectivity index (χ1n) is 49.7. The molecule has 141 heavy (non-hydrogen) atoms. The molecule has 0 saturated heterocycles. The van der Waals surface area contributed by atoms with Gasteiger partial charge in [0.2, 0.25) is 0 Å². The first-order valence-corrected chi connectivity index (χ1v) is 50.5. The van der Waals surface area contributed by atoms with Crippen LogP contribution in [-0.4, -0.2) is 0 Å². The van der Waals surface area contributed by atoms with Crippen LogP contribution in [0.15, 0.2) is 478 Å². The van der Waals surface area contributed by atoms with Crippen molar-refractivity contribution in [2.45, 2.75) is 60.2 Å². The smallest absolute Gasteiger partial charge is 0.0732 e. The van der Waals surface area contributed by atoms with Crippen LogP contribution in [0.1, 0.15) is 139 Å². The Bertz CT molecular complexity index is 9110. The summed E-state index contributed by atoms with van der Waals surface area (Å²) in [4.78, 5) is 2.68. The summed E-state index contributed by atoms with van der Waals surface area (Å²) in [5, 5.41) is 9.07. The highest BCUT2D eigenvalue weighted by molar-refractivity contribution is 9.10. The van der Waals surface area contributed by atoms with Gasteiger partial charge in [0.25, 0.3) is 0 Å². The van der Waals surface area contributed by atoms with Crippen molar-refractivity contribution < 1.29 is 0 Å². The zero-order valence-corrected chi connectivity index (χ0v) is 79.9. The van der Waals surface area contributed by atoms with E-state index in [0.29, 0.717) is 0 Å². The first kappa shape index (κ1) is 80.5. The zero-order chi connectivity index (χ0) is 93.3. The van der Waals surface area contributed by atoms with Crippen molar-refractivity contribution in [3.05, 3.63) is 589 Å². The molecule has 1 N–H and O–H groups in total. The Morgan fingerprint density at radius 3 is 0.887 bits per heavy atom. The van der Waals surface area contributed by atoms with Gasteiger partial charge in [0.05, 0.1) is 33.0 Å². The fraction of sp³-hybridized carbons (Fsp3) is 0.0725. The molecule has 0 heterocycles. The van der Waals surface area contributed by atoms with Crippen LogP contribution in [0.4, 0.5) is 28.4 Å². The number of halogens is 1. The van der Waals surface area contributed by atoms with Gasteiger partial charge >= 0.3 is 0 Å². The van der Waals surface area contributed by atoms with E-state index in [1.165, 1.54) is 260 Å². The molecule has 22 aromatic rings. The van der Waals surface area contributed by atoms with E-state index < -0.39 is 16.2 Å². The van der Waals surface area contributed by atoms with Crippen molar-refractivity contribution in [2.24, 2.45) is 0 Å². The second-order valence-corrected chi connectivity index (χ2v) is 41.8. The van der Waals surface area contributed by atoms with E-state index >= 15 is 0 Å². The third-order valence-electron chi connectivity index (χ3n) is 34.1. The van der Waals surface area contributed by atoms with Crippen molar-refractivity contribution in [3.8, 4) is 111 Å². The standard InChI is InChI=1S/C69H45N.C44H31N.C25H15Br/c1-67(2)53-29-12-5-22-45(53)50-39-38-43(41-61(50)67)70(62-37-19-36-60-64(62)51-27-10-17-34-58(51)68(60)54-30-13-6-23-46(54)47-24-7-14-31-55(47)68)63-40-42-20-3-4-21-44(42)66-65(63)52-28-11-18-35-59(52)69(66)56-32-15-8-25-48(56)49-26-9-16-33-57(49)69;1-43(2)35-19-9-5-15-30(35)33-24-23-28(26-39(33)43)45-40-25-27-13-3-4-14-29(27)42-41(40)34-18-8-12-22-38(34)44(42)36-20-10-6-16-31(36)32-17-7-11-21-37(32)44;26-23-15-7-14-22-24(23)18-10-3-6-13-21(18)25(22)19-11-4-1-8-16(19)17-9-2-5-12-20(17)25/h3-41H,1-2H3;3-26,45H,1-2H3;1-15H. The van der Waals surface area contributed by atoms with Crippen molar-refractivity contribution >= 4 is 65.9 Å². The van der Waals surface area contributed by atoms with E-state index in [0.717, 1.165) is 17.1 Å². The maximum Gasteiger partial charge on any atom is 0.0732 e. The second kappa shape index (κ2) is 29.3. The number of hydrogen-bond acceptors (Lipinski definition) is 2. The van der Waals surface area contributed by atoms with Gasteiger partial charge < -0.3 is 10.2 Å². The van der Waals surface area contributed by atoms with Gasteiger partial charge in [-0.05, 0) is 270 Å². The number of anilines is 5. The average molecular weight is 1860 g/mol. The van der Waals surface area contributed by atoms with E-state index in [1.807, 2.05) is 0 Å². The maximum absolute atomic E-state index is 3.99. The van der Waals surface area contributed by atoms with Gasteiger partial charge in [-0.25, -0.2) is 0 Å². The third-order valence-corrected chi connectivity index (χ3v) is 34.7. The second-order valence-electron chi connectivity index (χ2n) is 41.0. The lowest BCUT2D eigenvalue weighted by molar-refractivity contribution is 0.660. The topological polar surface area (TPSA) is 15.3 Å². The molecule has 0 aliphatic heterocycles. The summed E-state index contributed by atoms with van der Waals surface area (Å²) in [7, 11) is 0. The Balaban J connectivity index is 0.000000111. The summed E-state index contributed by atoms with van der Waals surface area (Å²) in [5.74, 6) is 0. The monoisotopic (exact) mass is 1850 g/mol. The number of nitrogens with zero attached hydrogens (tertiary/aromatic N) is 1. The Morgan fingerprint density at radius 1 is 0.191 bits per heavy atom. The molecule has 0 saturated carbocycles. The summed E-state index contributed by atoms with van der Waals surface area (Å²) < 4.78 is 1.17. The number of hydrogen-bond donors (Lipinski definition) is 1. The molecule has 0 unspecified atom stereocenters. The van der Waals surface area contributed by atoms with Crippen molar-refractivity contribution in [1.82, 2.24) is 0 Å². The molecule has 0 amide bonds. The summed E-state index contributed by atoms with van der Waals surface area (Å²) in [6.45, 7) is 9.52. The van der Waals surface area contributed by atoms with Crippen LogP contribution in [-0.2, 0) is 32.5 Å². The lowest BCUT2D eigenvalue weighted by Gasteiger charge is -2.34.